The third kappa shape index (κ3) is 2.76. The number of hydrogen-bond donors (Lipinski definition) is 2. The van der Waals surface area contributed by atoms with Gasteiger partial charge in [0.1, 0.15) is 5.82 Å². The van der Waals surface area contributed by atoms with Gasteiger partial charge >= 0.3 is 0 Å². The van der Waals surface area contributed by atoms with Crippen LogP contribution in [0.1, 0.15) is 55.3 Å². The topological polar surface area (TPSA) is 33.5 Å². The fourth-order valence-electron chi connectivity index (χ4n) is 4.67. The van der Waals surface area contributed by atoms with Gasteiger partial charge in [0.15, 0.2) is 0 Å². The van der Waals surface area contributed by atoms with E-state index in [-0.39, 0.29) is 17.8 Å². The summed E-state index contributed by atoms with van der Waals surface area (Å²) in [5.74, 6) is -0.477. The number of hydrogen-bond acceptors (Lipinski definition) is 1. The van der Waals surface area contributed by atoms with Crippen molar-refractivity contribution in [1.82, 2.24) is 5.32 Å². The van der Waals surface area contributed by atoms with Crippen molar-refractivity contribution in [3.63, 3.8) is 0 Å². The lowest BCUT2D eigenvalue weighted by Crippen LogP contribution is -3.22. The number of rotatable bonds is 3. The lowest BCUT2D eigenvalue weighted by Gasteiger charge is -2.46. The summed E-state index contributed by atoms with van der Waals surface area (Å²) in [7, 11) is 0. The highest BCUT2D eigenvalue weighted by atomic mass is 19.1. The van der Waals surface area contributed by atoms with Crippen LogP contribution in [0, 0.1) is 5.82 Å². The second-order valence-electron chi connectivity index (χ2n) is 7.25. The van der Waals surface area contributed by atoms with Crippen LogP contribution >= 0.6 is 0 Å². The van der Waals surface area contributed by atoms with Crippen molar-refractivity contribution in [2.24, 2.45) is 0 Å². The molecule has 3 nitrogen and oxygen atoms in total. The van der Waals surface area contributed by atoms with Crippen molar-refractivity contribution >= 4 is 5.91 Å². The van der Waals surface area contributed by atoms with E-state index in [1.807, 2.05) is 4.90 Å². The third-order valence-corrected chi connectivity index (χ3v) is 5.66. The molecule has 0 radical (unpaired) electrons. The van der Waals surface area contributed by atoms with E-state index in [4.69, 9.17) is 0 Å². The number of nitrogens with one attached hydrogen (secondary N) is 2. The molecule has 2 heterocycles. The number of carbonyl (C=O) groups excluding carboxylic acids is 1. The minimum atomic E-state index is -0.350. The highest BCUT2D eigenvalue weighted by molar-refractivity contribution is 5.94. The first-order valence-corrected chi connectivity index (χ1v) is 8.64. The van der Waals surface area contributed by atoms with Gasteiger partial charge < -0.3 is 10.2 Å². The number of amides is 1. The summed E-state index contributed by atoms with van der Waals surface area (Å²) in [6.07, 6.45) is 8.90. The Morgan fingerprint density at radius 1 is 1.09 bits per heavy atom. The minimum absolute atomic E-state index is 0.127. The zero-order valence-corrected chi connectivity index (χ0v) is 12.9. The van der Waals surface area contributed by atoms with Crippen LogP contribution in [-0.2, 0) is 0 Å². The summed E-state index contributed by atoms with van der Waals surface area (Å²) >= 11 is 0. The molecule has 3 aliphatic rings. The molecular weight excluding hydrogens is 279 g/mol. The fourth-order valence-corrected chi connectivity index (χ4v) is 4.67. The van der Waals surface area contributed by atoms with E-state index in [1.165, 1.54) is 44.2 Å². The Bertz CT molecular complexity index is 558. The molecular formula is C18H24FN2O+. The molecule has 2 saturated heterocycles. The molecule has 2 bridgehead atoms. The molecule has 4 heteroatoms. The summed E-state index contributed by atoms with van der Waals surface area (Å²) < 4.78 is 13.3. The first kappa shape index (κ1) is 14.2. The molecule has 4 atom stereocenters. The van der Waals surface area contributed by atoms with Crippen LogP contribution in [0.4, 0.5) is 4.39 Å². The first-order valence-electron chi connectivity index (χ1n) is 8.64. The van der Waals surface area contributed by atoms with E-state index in [9.17, 15) is 9.18 Å². The summed E-state index contributed by atoms with van der Waals surface area (Å²) in [6.45, 7) is 0. The van der Waals surface area contributed by atoms with Gasteiger partial charge in [0.05, 0.1) is 18.1 Å². The SMILES string of the molecule is O=C(NC1C[C@H]2CCC[C@@H](C1)[NH+]2C1CC1)c1cccc(F)c1. The van der Waals surface area contributed by atoms with Gasteiger partial charge in [-0.05, 0) is 37.5 Å². The lowest BCUT2D eigenvalue weighted by atomic mass is 9.81. The number of quaternary nitrogens is 1. The van der Waals surface area contributed by atoms with Crippen LogP contribution in [-0.4, -0.2) is 30.1 Å². The second-order valence-corrected chi connectivity index (χ2v) is 7.25. The molecule has 2 aliphatic heterocycles. The second kappa shape index (κ2) is 5.65. The Kier molecular flexibility index (Phi) is 3.65. The van der Waals surface area contributed by atoms with E-state index in [2.05, 4.69) is 5.32 Å². The van der Waals surface area contributed by atoms with Crippen LogP contribution in [0.3, 0.4) is 0 Å². The largest absolute Gasteiger partial charge is 0.349 e. The quantitative estimate of drug-likeness (QED) is 0.875. The molecule has 2 N–H and O–H groups in total. The Balaban J connectivity index is 1.43. The molecule has 1 aliphatic carbocycles. The predicted molar refractivity (Wildman–Crippen MR) is 82.3 cm³/mol. The van der Waals surface area contributed by atoms with Gasteiger partial charge in [-0.15, -0.1) is 0 Å². The summed E-state index contributed by atoms with van der Waals surface area (Å²) in [6, 6.07) is 8.57. The molecule has 1 aromatic rings. The van der Waals surface area contributed by atoms with Crippen molar-refractivity contribution in [2.45, 2.75) is 69.1 Å². The van der Waals surface area contributed by atoms with Crippen molar-refractivity contribution in [3.8, 4) is 0 Å². The predicted octanol–water partition coefficient (Wildman–Crippen LogP) is 1.69. The van der Waals surface area contributed by atoms with Gasteiger partial charge in [-0.25, -0.2) is 4.39 Å². The van der Waals surface area contributed by atoms with Gasteiger partial charge in [-0.1, -0.05) is 6.07 Å². The Labute approximate surface area is 130 Å². The van der Waals surface area contributed by atoms with Crippen molar-refractivity contribution < 1.29 is 14.1 Å². The van der Waals surface area contributed by atoms with Gasteiger partial charge in [-0.2, -0.15) is 0 Å². The summed E-state index contributed by atoms with van der Waals surface area (Å²) in [5.41, 5.74) is 0.433. The maximum Gasteiger partial charge on any atom is 0.251 e. The van der Waals surface area contributed by atoms with Gasteiger partial charge in [0.2, 0.25) is 0 Å². The number of benzene rings is 1. The summed E-state index contributed by atoms with van der Waals surface area (Å²) in [5, 5.41) is 3.15. The first-order chi connectivity index (χ1) is 10.7. The van der Waals surface area contributed by atoms with E-state index < -0.39 is 0 Å². The molecule has 22 heavy (non-hydrogen) atoms. The van der Waals surface area contributed by atoms with E-state index in [0.717, 1.165) is 31.0 Å². The number of fused-ring (bicyclic) bond motifs is 2. The highest BCUT2D eigenvalue weighted by Crippen LogP contribution is 2.27. The van der Waals surface area contributed by atoms with Gasteiger partial charge in [0.25, 0.3) is 5.91 Å². The molecule has 118 valence electrons. The fraction of sp³-hybridized carbons (Fsp3) is 0.611. The highest BCUT2D eigenvalue weighted by Gasteiger charge is 2.48. The van der Waals surface area contributed by atoms with Gasteiger partial charge in [0, 0.05) is 37.3 Å². The third-order valence-electron chi connectivity index (χ3n) is 5.66. The Morgan fingerprint density at radius 3 is 2.45 bits per heavy atom. The lowest BCUT2D eigenvalue weighted by molar-refractivity contribution is -0.971. The minimum Gasteiger partial charge on any atom is -0.349 e. The molecule has 1 saturated carbocycles. The number of halogens is 1. The van der Waals surface area contributed by atoms with Crippen molar-refractivity contribution in [3.05, 3.63) is 35.6 Å². The maximum absolute atomic E-state index is 13.3. The standard InChI is InChI=1S/C18H23FN2O/c19-13-4-1-3-12(9-13)18(22)20-14-10-16-5-2-6-17(11-14)21(16)15-7-8-15/h1,3-4,9,14-17H,2,5-8,10-11H2,(H,20,22)/p+1/t14?,16-,17+. The van der Waals surface area contributed by atoms with Crippen molar-refractivity contribution in [2.75, 3.05) is 0 Å². The van der Waals surface area contributed by atoms with E-state index in [1.54, 1.807) is 12.1 Å². The zero-order chi connectivity index (χ0) is 15.1. The van der Waals surface area contributed by atoms with Crippen LogP contribution < -0.4 is 10.2 Å². The average Bonchev–Trinajstić information content (AvgIpc) is 3.31. The molecule has 1 aromatic carbocycles. The Morgan fingerprint density at radius 2 is 1.82 bits per heavy atom. The molecule has 1 amide bonds. The van der Waals surface area contributed by atoms with Gasteiger partial charge in [-0.3, -0.25) is 4.79 Å². The van der Waals surface area contributed by atoms with Crippen LogP contribution in [0.5, 0.6) is 0 Å². The summed E-state index contributed by atoms with van der Waals surface area (Å²) in [4.78, 5) is 14.2. The van der Waals surface area contributed by atoms with Crippen LogP contribution in [0.15, 0.2) is 24.3 Å². The smallest absolute Gasteiger partial charge is 0.251 e. The number of piperidine rings is 2. The molecule has 0 spiro atoms. The van der Waals surface area contributed by atoms with E-state index in [0.29, 0.717) is 5.56 Å². The molecule has 4 rings (SSSR count). The van der Waals surface area contributed by atoms with E-state index >= 15 is 0 Å². The number of carbonyl (C=O) groups is 1. The normalized spacial score (nSPS) is 34.2. The average molecular weight is 303 g/mol. The Hall–Kier alpha value is -1.42. The van der Waals surface area contributed by atoms with Crippen molar-refractivity contribution in [1.29, 1.82) is 0 Å². The van der Waals surface area contributed by atoms with Crippen LogP contribution in [0.25, 0.3) is 0 Å². The zero-order valence-electron chi connectivity index (χ0n) is 12.9. The molecule has 0 aromatic heterocycles. The van der Waals surface area contributed by atoms with Crippen LogP contribution in [0.2, 0.25) is 0 Å². The maximum atomic E-state index is 13.3. The monoisotopic (exact) mass is 303 g/mol. The molecule has 3 fully saturated rings. The molecule has 2 unspecified atom stereocenters.